The largest absolute Gasteiger partial charge is 0.379 e. The van der Waals surface area contributed by atoms with E-state index in [9.17, 15) is 0 Å². The smallest absolute Gasteiger partial charge is 0.0547 e. The molecule has 0 heterocycles. The Balaban J connectivity index is 3.15. The zero-order valence-corrected chi connectivity index (χ0v) is 10.6. The van der Waals surface area contributed by atoms with Crippen LogP contribution < -0.4 is 0 Å². The Kier molecular flexibility index (Phi) is 9.97. The van der Waals surface area contributed by atoms with E-state index in [4.69, 9.17) is 16.3 Å². The number of halogens is 1. The molecule has 1 nitrogen and oxygen atoms in total. The number of unbranched alkanes of at least 4 members (excludes halogenated alkanes) is 1. The molecule has 0 radical (unpaired) electrons. The minimum absolute atomic E-state index is 0.420. The predicted octanol–water partition coefficient (Wildman–Crippen LogP) is 4.24. The molecule has 1 atom stereocenters. The zero-order valence-electron chi connectivity index (χ0n) is 9.89. The van der Waals surface area contributed by atoms with Gasteiger partial charge in [0.1, 0.15) is 0 Å². The average molecular weight is 221 g/mol. The molecule has 0 aromatic heterocycles. The lowest BCUT2D eigenvalue weighted by Crippen LogP contribution is -2.09. The molecule has 0 aromatic carbocycles. The summed E-state index contributed by atoms with van der Waals surface area (Å²) in [5.41, 5.74) is 0. The van der Waals surface area contributed by atoms with Gasteiger partial charge in [0.2, 0.25) is 0 Å². The van der Waals surface area contributed by atoms with Gasteiger partial charge in [0, 0.05) is 12.5 Å². The molecule has 0 N–H and O–H groups in total. The first-order valence-electron chi connectivity index (χ1n) is 5.84. The standard InChI is InChI=1S/C12H25ClO/c1-11(2)7-6-8-12(3)14-10-5-4-9-13/h11-12H,4-10H2,1-3H3. The minimum Gasteiger partial charge on any atom is -0.379 e. The van der Waals surface area contributed by atoms with E-state index in [0.29, 0.717) is 6.10 Å². The lowest BCUT2D eigenvalue weighted by atomic mass is 10.0. The Hall–Kier alpha value is 0.250. The molecule has 14 heavy (non-hydrogen) atoms. The molecule has 0 spiro atoms. The number of ether oxygens (including phenoxy) is 1. The molecule has 0 aliphatic rings. The third-order valence-corrected chi connectivity index (χ3v) is 2.59. The fraction of sp³-hybridized carbons (Fsp3) is 1.00. The van der Waals surface area contributed by atoms with Crippen LogP contribution in [0.3, 0.4) is 0 Å². The molecule has 0 saturated carbocycles. The monoisotopic (exact) mass is 220 g/mol. The summed E-state index contributed by atoms with van der Waals surface area (Å²) in [5.74, 6) is 1.57. The normalized spacial score (nSPS) is 13.5. The van der Waals surface area contributed by atoms with Gasteiger partial charge >= 0.3 is 0 Å². The molecule has 1 unspecified atom stereocenters. The SMILES string of the molecule is CC(C)CCCC(C)OCCCCCl. The van der Waals surface area contributed by atoms with E-state index in [-0.39, 0.29) is 0 Å². The van der Waals surface area contributed by atoms with Crippen LogP contribution >= 0.6 is 11.6 Å². The van der Waals surface area contributed by atoms with Crippen molar-refractivity contribution in [1.82, 2.24) is 0 Å². The van der Waals surface area contributed by atoms with Gasteiger partial charge in [-0.1, -0.05) is 26.7 Å². The molecule has 0 aromatic rings. The summed E-state index contributed by atoms with van der Waals surface area (Å²) < 4.78 is 5.67. The summed E-state index contributed by atoms with van der Waals surface area (Å²) in [6.07, 6.45) is 6.38. The summed E-state index contributed by atoms with van der Waals surface area (Å²) in [6, 6.07) is 0. The highest BCUT2D eigenvalue weighted by Crippen LogP contribution is 2.10. The van der Waals surface area contributed by atoms with Crippen molar-refractivity contribution in [2.75, 3.05) is 12.5 Å². The van der Waals surface area contributed by atoms with Gasteiger partial charge in [-0.05, 0) is 32.1 Å². The summed E-state index contributed by atoms with van der Waals surface area (Å²) in [5, 5.41) is 0. The zero-order chi connectivity index (χ0) is 10.8. The molecule has 0 fully saturated rings. The van der Waals surface area contributed by atoms with Crippen molar-refractivity contribution in [3.63, 3.8) is 0 Å². The summed E-state index contributed by atoms with van der Waals surface area (Å²) >= 11 is 5.58. The third-order valence-electron chi connectivity index (χ3n) is 2.32. The maximum absolute atomic E-state index is 5.67. The first-order chi connectivity index (χ1) is 6.66. The van der Waals surface area contributed by atoms with Crippen molar-refractivity contribution in [1.29, 1.82) is 0 Å². The van der Waals surface area contributed by atoms with Gasteiger partial charge in [-0.25, -0.2) is 0 Å². The van der Waals surface area contributed by atoms with Gasteiger partial charge in [0.15, 0.2) is 0 Å². The number of rotatable bonds is 9. The summed E-state index contributed by atoms with van der Waals surface area (Å²) in [4.78, 5) is 0. The van der Waals surface area contributed by atoms with Crippen molar-refractivity contribution in [2.24, 2.45) is 5.92 Å². The average Bonchev–Trinajstić information content (AvgIpc) is 2.12. The van der Waals surface area contributed by atoms with Crippen LogP contribution in [0.4, 0.5) is 0 Å². The Bertz CT molecular complexity index is 115. The highest BCUT2D eigenvalue weighted by Gasteiger charge is 2.02. The Labute approximate surface area is 94.2 Å². The second kappa shape index (κ2) is 9.79. The van der Waals surface area contributed by atoms with E-state index in [1.807, 2.05) is 0 Å². The van der Waals surface area contributed by atoms with Gasteiger partial charge in [0.25, 0.3) is 0 Å². The van der Waals surface area contributed by atoms with E-state index >= 15 is 0 Å². The topological polar surface area (TPSA) is 9.23 Å². The Morgan fingerprint density at radius 2 is 1.71 bits per heavy atom. The lowest BCUT2D eigenvalue weighted by Gasteiger charge is -2.13. The van der Waals surface area contributed by atoms with Crippen LogP contribution in [-0.4, -0.2) is 18.6 Å². The Morgan fingerprint density at radius 1 is 1.00 bits per heavy atom. The van der Waals surface area contributed by atoms with Crippen molar-refractivity contribution >= 4 is 11.6 Å². The number of hydrogen-bond acceptors (Lipinski definition) is 1. The molecule has 0 rings (SSSR count). The maximum Gasteiger partial charge on any atom is 0.0547 e. The van der Waals surface area contributed by atoms with Crippen molar-refractivity contribution in [3.05, 3.63) is 0 Å². The predicted molar refractivity (Wildman–Crippen MR) is 64.1 cm³/mol. The summed E-state index contributed by atoms with van der Waals surface area (Å²) in [6.45, 7) is 7.58. The molecule has 0 aliphatic heterocycles. The van der Waals surface area contributed by atoms with E-state index < -0.39 is 0 Å². The van der Waals surface area contributed by atoms with Crippen LogP contribution in [0, 0.1) is 5.92 Å². The highest BCUT2D eigenvalue weighted by molar-refractivity contribution is 6.17. The molecular weight excluding hydrogens is 196 g/mol. The second-order valence-corrected chi connectivity index (χ2v) is 4.78. The first kappa shape index (κ1) is 14.2. The summed E-state index contributed by atoms with van der Waals surface area (Å²) in [7, 11) is 0. The quantitative estimate of drug-likeness (QED) is 0.417. The van der Waals surface area contributed by atoms with Crippen molar-refractivity contribution < 1.29 is 4.74 Å². The van der Waals surface area contributed by atoms with E-state index in [0.717, 1.165) is 31.2 Å². The molecule has 86 valence electrons. The Morgan fingerprint density at radius 3 is 2.29 bits per heavy atom. The molecule has 2 heteroatoms. The van der Waals surface area contributed by atoms with E-state index in [2.05, 4.69) is 20.8 Å². The molecule has 0 aliphatic carbocycles. The maximum atomic E-state index is 5.67. The minimum atomic E-state index is 0.420. The van der Waals surface area contributed by atoms with Gasteiger partial charge in [0.05, 0.1) is 6.10 Å². The van der Waals surface area contributed by atoms with Crippen LogP contribution in [0.1, 0.15) is 52.9 Å². The third kappa shape index (κ3) is 10.3. The van der Waals surface area contributed by atoms with Crippen LogP contribution in [0.2, 0.25) is 0 Å². The molecular formula is C12H25ClO. The lowest BCUT2D eigenvalue weighted by molar-refractivity contribution is 0.0562. The van der Waals surface area contributed by atoms with E-state index in [1.54, 1.807) is 0 Å². The first-order valence-corrected chi connectivity index (χ1v) is 6.37. The number of alkyl halides is 1. The highest BCUT2D eigenvalue weighted by atomic mass is 35.5. The van der Waals surface area contributed by atoms with Crippen LogP contribution in [0.15, 0.2) is 0 Å². The molecule has 0 amide bonds. The van der Waals surface area contributed by atoms with Crippen molar-refractivity contribution in [2.45, 2.75) is 59.0 Å². The van der Waals surface area contributed by atoms with Gasteiger partial charge in [-0.2, -0.15) is 0 Å². The van der Waals surface area contributed by atoms with Crippen LogP contribution in [0.25, 0.3) is 0 Å². The van der Waals surface area contributed by atoms with Gasteiger partial charge in [-0.3, -0.25) is 0 Å². The fourth-order valence-electron chi connectivity index (χ4n) is 1.38. The van der Waals surface area contributed by atoms with Crippen molar-refractivity contribution in [3.8, 4) is 0 Å². The molecule has 0 saturated heterocycles. The van der Waals surface area contributed by atoms with Crippen LogP contribution in [-0.2, 0) is 4.74 Å². The number of hydrogen-bond donors (Lipinski definition) is 0. The van der Waals surface area contributed by atoms with Gasteiger partial charge < -0.3 is 4.74 Å². The second-order valence-electron chi connectivity index (χ2n) is 4.40. The van der Waals surface area contributed by atoms with Gasteiger partial charge in [-0.15, -0.1) is 11.6 Å². The van der Waals surface area contributed by atoms with E-state index in [1.165, 1.54) is 19.3 Å². The fourth-order valence-corrected chi connectivity index (χ4v) is 1.57. The molecule has 0 bridgehead atoms. The van der Waals surface area contributed by atoms with Crippen LogP contribution in [0.5, 0.6) is 0 Å².